The van der Waals surface area contributed by atoms with Crippen LogP contribution in [0.2, 0.25) is 0 Å². The molecule has 0 aliphatic heterocycles. The predicted molar refractivity (Wildman–Crippen MR) is 6.73 cm³/mol. The Labute approximate surface area is 44.5 Å². The Hall–Kier alpha value is 0.639. The van der Waals surface area contributed by atoms with E-state index in [-0.39, 0.29) is 34.1 Å². The molecule has 0 aromatic heterocycles. The molecule has 0 N–H and O–H groups in total. The quantitative estimate of drug-likeness (QED) is 0.449. The van der Waals surface area contributed by atoms with Crippen molar-refractivity contribution in [2.75, 3.05) is 0 Å². The predicted octanol–water partition coefficient (Wildman–Crippen LogP) is 0.0620. The van der Waals surface area contributed by atoms with E-state index in [0.29, 0.717) is 0 Å². The monoisotopic (exact) mass is 143 g/mol. The van der Waals surface area contributed by atoms with Crippen molar-refractivity contribution in [3.8, 4) is 0 Å². The third-order valence-electron chi connectivity index (χ3n) is 0. The molecule has 0 heterocycles. The van der Waals surface area contributed by atoms with Crippen molar-refractivity contribution >= 4 is 0 Å². The van der Waals surface area contributed by atoms with E-state index in [1.54, 1.807) is 0 Å². The molecule has 0 saturated carbocycles. The molecule has 4 heteroatoms. The Morgan fingerprint density at radius 3 is 1.00 bits per heavy atom. The van der Waals surface area contributed by atoms with Crippen LogP contribution in [0.5, 0.6) is 0 Å². The first-order valence-electron chi connectivity index (χ1n) is 0.167. The Morgan fingerprint density at radius 1 is 1.00 bits per heavy atom. The minimum atomic E-state index is 0. The molecule has 27 valence electrons. The van der Waals surface area contributed by atoms with Crippen molar-refractivity contribution in [3.63, 3.8) is 0 Å². The van der Waals surface area contributed by atoms with E-state index in [0.717, 1.165) is 0 Å². The van der Waals surface area contributed by atoms with E-state index in [2.05, 4.69) is 0 Å². The summed E-state index contributed by atoms with van der Waals surface area (Å²) in [5, 5.41) is 0. The fourth-order valence-corrected chi connectivity index (χ4v) is 0. The molecule has 0 amide bonds. The van der Waals surface area contributed by atoms with Gasteiger partial charge < -0.3 is 0 Å². The summed E-state index contributed by atoms with van der Waals surface area (Å²) in [5.41, 5.74) is 0. The van der Waals surface area contributed by atoms with Crippen molar-refractivity contribution in [3.05, 3.63) is 9.93 Å². The van der Waals surface area contributed by atoms with Crippen molar-refractivity contribution in [2.24, 2.45) is 0 Å². The third-order valence-corrected chi connectivity index (χ3v) is 0. The molecule has 0 aromatic carbocycles. The topological polar surface area (TPSA) is 34.1 Å². The van der Waals surface area contributed by atoms with Crippen molar-refractivity contribution in [2.45, 2.75) is 0 Å². The van der Waals surface area contributed by atoms with Gasteiger partial charge in [0.1, 0.15) is 0 Å². The minimum absolute atomic E-state index is 0. The maximum Gasteiger partial charge on any atom is 0 e. The molecule has 0 spiro atoms. The van der Waals surface area contributed by atoms with Crippen LogP contribution in [0.25, 0.3) is 0 Å². The largest absolute Gasteiger partial charge is 0 e. The van der Waals surface area contributed by atoms with Crippen LogP contribution in [0.1, 0.15) is 0 Å². The Balaban J connectivity index is -0.00000000500. The molecular formula is FeMnO2. The molecule has 1 radical (unpaired) electrons. The van der Waals surface area contributed by atoms with Crippen LogP contribution < -0.4 is 0 Å². The second kappa shape index (κ2) is 62.1. The van der Waals surface area contributed by atoms with E-state index in [1.807, 2.05) is 0 Å². The summed E-state index contributed by atoms with van der Waals surface area (Å²) >= 11 is 0. The van der Waals surface area contributed by atoms with Gasteiger partial charge in [-0.05, 0) is 0 Å². The van der Waals surface area contributed by atoms with E-state index in [9.17, 15) is 0 Å². The van der Waals surface area contributed by atoms with Crippen LogP contribution in [0.3, 0.4) is 0 Å². The molecule has 0 saturated heterocycles. The standard InChI is InChI=1S/Fe.Mn.O2/c;;1-2. The molecule has 4 heavy (non-hydrogen) atoms. The molecular weight excluding hydrogens is 143 g/mol. The van der Waals surface area contributed by atoms with Crippen LogP contribution in [-0.4, -0.2) is 0 Å². The number of rotatable bonds is 0. The van der Waals surface area contributed by atoms with Gasteiger partial charge >= 0.3 is 0 Å². The van der Waals surface area contributed by atoms with Gasteiger partial charge in [-0.2, -0.15) is 0 Å². The summed E-state index contributed by atoms with van der Waals surface area (Å²) in [7, 11) is 0. The molecule has 0 fully saturated rings. The minimum Gasteiger partial charge on any atom is 0 e. The second-order valence-electron chi connectivity index (χ2n) is 0. The van der Waals surface area contributed by atoms with Crippen molar-refractivity contribution in [1.29, 1.82) is 0 Å². The van der Waals surface area contributed by atoms with Gasteiger partial charge in [0.05, 0.1) is 0 Å². The molecule has 0 rings (SSSR count). The summed E-state index contributed by atoms with van der Waals surface area (Å²) in [6.45, 7) is 0. The second-order valence-corrected chi connectivity index (χ2v) is 0. The Morgan fingerprint density at radius 2 is 1.00 bits per heavy atom. The van der Waals surface area contributed by atoms with Gasteiger partial charge in [-0.25, -0.2) is 0 Å². The summed E-state index contributed by atoms with van der Waals surface area (Å²) in [4.78, 5) is 14.0. The van der Waals surface area contributed by atoms with Gasteiger partial charge in [0.15, 0.2) is 0 Å². The van der Waals surface area contributed by atoms with E-state index in [1.165, 1.54) is 0 Å². The SMILES string of the molecule is O=O.[Fe].[Mn]. The van der Waals surface area contributed by atoms with E-state index < -0.39 is 0 Å². The Bertz CT molecular complexity index is 6.00. The van der Waals surface area contributed by atoms with Gasteiger partial charge in [-0.15, -0.1) is 0 Å². The summed E-state index contributed by atoms with van der Waals surface area (Å²) < 4.78 is 0. The fraction of sp³-hybridized carbons (Fsp3) is 0. The zero-order valence-electron chi connectivity index (χ0n) is 1.55. The van der Waals surface area contributed by atoms with Crippen LogP contribution in [0.4, 0.5) is 0 Å². The first-order valence-corrected chi connectivity index (χ1v) is 0.167. The van der Waals surface area contributed by atoms with Gasteiger partial charge in [0, 0.05) is 44.1 Å². The molecule has 0 aliphatic rings. The normalized spacial score (nSPS) is 1.00. The summed E-state index contributed by atoms with van der Waals surface area (Å²) in [5.74, 6) is 0. The fourth-order valence-electron chi connectivity index (χ4n) is 0. The van der Waals surface area contributed by atoms with Crippen LogP contribution in [-0.2, 0) is 34.1 Å². The van der Waals surface area contributed by atoms with Gasteiger partial charge in [0.2, 0.25) is 0 Å². The van der Waals surface area contributed by atoms with Gasteiger partial charge in [-0.3, -0.25) is 0 Å². The average molecular weight is 143 g/mol. The molecule has 0 bridgehead atoms. The summed E-state index contributed by atoms with van der Waals surface area (Å²) in [6.07, 6.45) is 0. The maximum atomic E-state index is 7.00. The first kappa shape index (κ1) is 22.9. The third kappa shape index (κ3) is 17.4. The maximum absolute atomic E-state index is 7.00. The van der Waals surface area contributed by atoms with Gasteiger partial charge in [0.25, 0.3) is 0 Å². The number of hydrogen-bond donors (Lipinski definition) is 0. The van der Waals surface area contributed by atoms with Crippen LogP contribution in [0, 0.1) is 9.93 Å². The zero-order valence-corrected chi connectivity index (χ0v) is 3.83. The van der Waals surface area contributed by atoms with E-state index >= 15 is 0 Å². The van der Waals surface area contributed by atoms with Crippen molar-refractivity contribution < 1.29 is 34.1 Å². The molecule has 0 atom stereocenters. The van der Waals surface area contributed by atoms with Crippen LogP contribution >= 0.6 is 0 Å². The molecule has 0 unspecified atom stereocenters. The van der Waals surface area contributed by atoms with E-state index in [4.69, 9.17) is 9.93 Å². The Kier molecular flexibility index (Phi) is 355. The summed E-state index contributed by atoms with van der Waals surface area (Å²) in [6, 6.07) is 0. The first-order chi connectivity index (χ1) is 1.00. The molecule has 2 nitrogen and oxygen atoms in total. The molecule has 0 aliphatic carbocycles. The zero-order chi connectivity index (χ0) is 2.00. The average Bonchev–Trinajstić information content (AvgIpc) is 1.00. The molecule has 0 aromatic rings. The van der Waals surface area contributed by atoms with Crippen molar-refractivity contribution in [1.82, 2.24) is 0 Å². The number of hydrogen-bond acceptors (Lipinski definition) is 2. The van der Waals surface area contributed by atoms with Crippen LogP contribution in [0.15, 0.2) is 0 Å². The van der Waals surface area contributed by atoms with Gasteiger partial charge in [-0.1, -0.05) is 0 Å². The smallest absolute Gasteiger partial charge is 0 e.